The molecule has 0 aliphatic carbocycles. The van der Waals surface area contributed by atoms with Gasteiger partial charge in [0.15, 0.2) is 11.0 Å². The van der Waals surface area contributed by atoms with Crippen LogP contribution in [0.5, 0.6) is 0 Å². The summed E-state index contributed by atoms with van der Waals surface area (Å²) in [6, 6.07) is 14.9. The molecule has 0 radical (unpaired) electrons. The Bertz CT molecular complexity index is 2500. The van der Waals surface area contributed by atoms with Crippen LogP contribution in [0.4, 0.5) is 34.3 Å². The minimum atomic E-state index is -5.47. The van der Waals surface area contributed by atoms with Crippen molar-refractivity contribution in [2.24, 2.45) is 20.5 Å². The summed E-state index contributed by atoms with van der Waals surface area (Å²) in [6.07, 6.45) is 0. The van der Waals surface area contributed by atoms with Gasteiger partial charge in [0.1, 0.15) is 35.4 Å². The Balaban J connectivity index is 0.00000300. The van der Waals surface area contributed by atoms with Crippen molar-refractivity contribution >= 4 is 110 Å². The molecule has 248 valence electrons. The van der Waals surface area contributed by atoms with E-state index in [-0.39, 0.29) is 127 Å². The Kier molecular flexibility index (Phi) is 16.6. The fraction of sp³-hybridized carbons (Fsp3) is 0. The van der Waals surface area contributed by atoms with Crippen LogP contribution >= 0.6 is 34.8 Å². The average molecular weight is 839 g/mol. The van der Waals surface area contributed by atoms with Crippen molar-refractivity contribution in [2.75, 3.05) is 5.32 Å². The van der Waals surface area contributed by atoms with E-state index in [0.29, 0.717) is 29.2 Å². The first-order valence-electron chi connectivity index (χ1n) is 12.6. The second kappa shape index (κ2) is 18.4. The molecular weight excluding hydrogens is 826 g/mol. The molecule has 0 atom stereocenters. The van der Waals surface area contributed by atoms with Crippen LogP contribution in [0.2, 0.25) is 15.5 Å². The number of aromatic nitrogens is 2. The smallest absolute Gasteiger partial charge is 0.744 e. The summed E-state index contributed by atoms with van der Waals surface area (Å²) in [5.41, 5.74) is 1.29. The van der Waals surface area contributed by atoms with Crippen LogP contribution in [-0.2, 0) is 30.4 Å². The van der Waals surface area contributed by atoms with E-state index in [2.05, 4.69) is 35.7 Å². The molecule has 0 fully saturated rings. The fourth-order valence-corrected chi connectivity index (χ4v) is 6.54. The van der Waals surface area contributed by atoms with Gasteiger partial charge in [0.25, 0.3) is 0 Å². The first-order chi connectivity index (χ1) is 22.4. The second-order valence-electron chi connectivity index (χ2n) is 9.36. The second-order valence-corrected chi connectivity index (χ2v) is 14.5. The van der Waals surface area contributed by atoms with E-state index in [9.17, 15) is 38.9 Å². The Morgan fingerprint density at radius 2 is 0.980 bits per heavy atom. The molecule has 1 aromatic heterocycles. The summed E-state index contributed by atoms with van der Waals surface area (Å²) in [5, 5.41) is 17.5. The molecule has 51 heavy (non-hydrogen) atoms. The fourth-order valence-electron chi connectivity index (χ4n) is 4.01. The molecule has 0 bridgehead atoms. The van der Waals surface area contributed by atoms with Crippen molar-refractivity contribution in [3.05, 3.63) is 88.3 Å². The maximum atomic E-state index is 12.0. The average Bonchev–Trinajstić information content (AvgIpc) is 3.00. The molecule has 0 spiro atoms. The van der Waals surface area contributed by atoms with E-state index < -0.39 is 55.8 Å². The van der Waals surface area contributed by atoms with Crippen molar-refractivity contribution in [1.82, 2.24) is 9.97 Å². The van der Waals surface area contributed by atoms with Crippen LogP contribution < -0.4 is 94.0 Å². The summed E-state index contributed by atoms with van der Waals surface area (Å²) in [5.74, 6) is 0.206. The number of rotatable bonds is 9. The third kappa shape index (κ3) is 11.9. The Morgan fingerprint density at radius 3 is 1.45 bits per heavy atom. The van der Waals surface area contributed by atoms with Crippen molar-refractivity contribution in [2.45, 2.75) is 14.7 Å². The molecule has 16 nitrogen and oxygen atoms in total. The van der Waals surface area contributed by atoms with Gasteiger partial charge in [-0.05, 0) is 84.4 Å². The van der Waals surface area contributed by atoms with Crippen LogP contribution in [0.1, 0.15) is 0 Å². The van der Waals surface area contributed by atoms with E-state index in [1.807, 2.05) is 0 Å². The normalized spacial score (nSPS) is 12.0. The number of halogens is 3. The Morgan fingerprint density at radius 1 is 0.549 bits per heavy atom. The van der Waals surface area contributed by atoms with E-state index >= 15 is 0 Å². The number of nitrogens with one attached hydrogen (secondary N) is 1. The molecule has 0 aliphatic rings. The minimum Gasteiger partial charge on any atom is -0.744 e. The largest absolute Gasteiger partial charge is 1.00 e. The maximum Gasteiger partial charge on any atom is 1.00 e. The molecule has 4 aromatic carbocycles. The number of hydrogen-bond donors (Lipinski definition) is 1. The molecule has 0 amide bonds. The van der Waals surface area contributed by atoms with Gasteiger partial charge in [-0.2, -0.15) is 25.4 Å². The van der Waals surface area contributed by atoms with E-state index in [4.69, 9.17) is 34.8 Å². The number of fused-ring (bicyclic) bond motifs is 1. The zero-order valence-corrected chi connectivity index (χ0v) is 36.9. The summed E-state index contributed by atoms with van der Waals surface area (Å²) in [7, 11) is -16.2. The Hall–Kier alpha value is -1.18. The summed E-state index contributed by atoms with van der Waals surface area (Å²) >= 11 is 17.8. The first kappa shape index (κ1) is 46.0. The topological polar surface area (TPSA) is 259 Å². The molecule has 5 rings (SSSR count). The van der Waals surface area contributed by atoms with Gasteiger partial charge < -0.3 is 19.0 Å². The van der Waals surface area contributed by atoms with Crippen LogP contribution in [0.15, 0.2) is 108 Å². The molecule has 0 saturated carbocycles. The number of benzene rings is 4. The number of hydrogen-bond acceptors (Lipinski definition) is 16. The molecule has 1 N–H and O–H groups in total. The summed E-state index contributed by atoms with van der Waals surface area (Å²) in [6.45, 7) is 0. The third-order valence-electron chi connectivity index (χ3n) is 6.10. The summed E-state index contributed by atoms with van der Waals surface area (Å²) in [4.78, 5) is 4.12. The van der Waals surface area contributed by atoms with Gasteiger partial charge in [0.05, 0.1) is 37.4 Å². The zero-order chi connectivity index (χ0) is 35.0. The van der Waals surface area contributed by atoms with Gasteiger partial charge in [-0.25, -0.2) is 30.2 Å². The molecular formula is C26H13Cl3N7Na3O9S3. The monoisotopic (exact) mass is 837 g/mol. The maximum absolute atomic E-state index is 12.0. The first-order valence-corrected chi connectivity index (χ1v) is 17.9. The van der Waals surface area contributed by atoms with Crippen LogP contribution in [0, 0.1) is 0 Å². The standard InChI is InChI=1S/C26H16Cl3N7O9S3.3Na/c27-23-24(28)31-26(29)32-25(23)30-13-1-3-14(4-2-13)33-34-15-5-7-16(8-6-15)35-36-17-9-19-20(21(10-17)47(40,41)42)11-18(46(37,38)39)12-22(19)48(43,44)45;;;/h1-12H,(H,30,31,32)(H,37,38,39)(H,40,41,42)(H,43,44,45);;;/q;3*+1/p-3. The van der Waals surface area contributed by atoms with Crippen LogP contribution in [0.3, 0.4) is 0 Å². The molecule has 1 heterocycles. The predicted octanol–water partition coefficient (Wildman–Crippen LogP) is -2.11. The minimum absolute atomic E-state index is 0. The third-order valence-corrected chi connectivity index (χ3v) is 9.57. The van der Waals surface area contributed by atoms with Crippen LogP contribution in [-0.4, -0.2) is 48.9 Å². The van der Waals surface area contributed by atoms with Crippen LogP contribution in [0.25, 0.3) is 10.8 Å². The van der Waals surface area contributed by atoms with Gasteiger partial charge in [-0.3, -0.25) is 0 Å². The molecule has 0 saturated heterocycles. The quantitative estimate of drug-likeness (QED) is 0.0550. The molecule has 0 aliphatic heterocycles. The number of anilines is 2. The van der Waals surface area contributed by atoms with Gasteiger partial charge in [-0.1, -0.05) is 23.2 Å². The molecule has 5 aromatic rings. The summed E-state index contributed by atoms with van der Waals surface area (Å²) < 4.78 is 106. The van der Waals surface area contributed by atoms with E-state index in [1.165, 1.54) is 24.3 Å². The van der Waals surface area contributed by atoms with Gasteiger partial charge in [-0.15, -0.1) is 0 Å². The van der Waals surface area contributed by atoms with E-state index in [0.717, 1.165) is 6.07 Å². The van der Waals surface area contributed by atoms with Crippen molar-refractivity contribution in [1.29, 1.82) is 0 Å². The predicted molar refractivity (Wildman–Crippen MR) is 169 cm³/mol. The van der Waals surface area contributed by atoms with Crippen molar-refractivity contribution in [3.8, 4) is 0 Å². The molecule has 25 heteroatoms. The van der Waals surface area contributed by atoms with Gasteiger partial charge in [0.2, 0.25) is 5.28 Å². The van der Waals surface area contributed by atoms with Gasteiger partial charge in [0, 0.05) is 16.5 Å². The Labute approximate surface area is 371 Å². The SMILES string of the molecule is O=S(=O)([O-])c1cc(S(=O)(=O)[O-])c2cc(N=Nc3ccc(N=Nc4ccc(Nc5nc(Cl)nc(Cl)c5Cl)cc4)cc3)cc(S(=O)(=O)[O-])c2c1.[Na+].[Na+].[Na+]. The van der Waals surface area contributed by atoms with Gasteiger partial charge >= 0.3 is 88.7 Å². The van der Waals surface area contributed by atoms with Crippen molar-refractivity contribution < 1.29 is 128 Å². The number of nitrogens with zero attached hydrogens (tertiary/aromatic N) is 6. The van der Waals surface area contributed by atoms with E-state index in [1.54, 1.807) is 24.3 Å². The number of azo groups is 2. The molecule has 0 unspecified atom stereocenters. The zero-order valence-electron chi connectivity index (χ0n) is 26.1. The van der Waals surface area contributed by atoms with Crippen molar-refractivity contribution in [3.63, 3.8) is 0 Å².